The standard InChI is InChI=1S/C17H14O6/c18-13(7-6-11-4-2-1-3-5-11)17-14(19)8-12(9-15(17)20)23-10-16(21)22/h1-9,19-20H,10H2,(H,21,22)/b7-6-. The Kier molecular flexibility index (Phi) is 4.99. The molecule has 23 heavy (non-hydrogen) atoms. The van der Waals surface area contributed by atoms with E-state index in [1.165, 1.54) is 6.08 Å². The monoisotopic (exact) mass is 314 g/mol. The first-order chi connectivity index (χ1) is 11.0. The molecule has 0 saturated heterocycles. The number of ketones is 1. The summed E-state index contributed by atoms with van der Waals surface area (Å²) in [4.78, 5) is 22.5. The van der Waals surface area contributed by atoms with Gasteiger partial charge in [-0.2, -0.15) is 0 Å². The maximum absolute atomic E-state index is 12.1. The number of phenolic OH excluding ortho intramolecular Hbond substituents is 2. The molecule has 6 nitrogen and oxygen atoms in total. The number of carbonyl (C=O) groups excluding carboxylic acids is 1. The number of aliphatic carboxylic acids is 1. The molecule has 3 N–H and O–H groups in total. The molecule has 2 aromatic rings. The van der Waals surface area contributed by atoms with Crippen molar-refractivity contribution in [3.63, 3.8) is 0 Å². The number of carboxylic acids is 1. The zero-order chi connectivity index (χ0) is 16.8. The number of hydrogen-bond acceptors (Lipinski definition) is 5. The van der Waals surface area contributed by atoms with Gasteiger partial charge in [-0.15, -0.1) is 0 Å². The Morgan fingerprint density at radius 2 is 1.65 bits per heavy atom. The first-order valence-corrected chi connectivity index (χ1v) is 6.65. The minimum Gasteiger partial charge on any atom is -0.507 e. The van der Waals surface area contributed by atoms with Crippen LogP contribution in [0.1, 0.15) is 15.9 Å². The summed E-state index contributed by atoms with van der Waals surface area (Å²) < 4.78 is 4.84. The fraction of sp³-hybridized carbons (Fsp3) is 0.0588. The van der Waals surface area contributed by atoms with Gasteiger partial charge in [-0.05, 0) is 11.6 Å². The lowest BCUT2D eigenvalue weighted by Gasteiger charge is -2.08. The zero-order valence-corrected chi connectivity index (χ0v) is 12.0. The molecule has 0 fully saturated rings. The van der Waals surface area contributed by atoms with Gasteiger partial charge in [0.2, 0.25) is 0 Å². The molecule has 0 aromatic heterocycles. The average Bonchev–Trinajstić information content (AvgIpc) is 2.51. The fourth-order valence-corrected chi connectivity index (χ4v) is 1.89. The number of carbonyl (C=O) groups is 2. The molecule has 0 aliphatic carbocycles. The quantitative estimate of drug-likeness (QED) is 0.559. The van der Waals surface area contributed by atoms with Crippen LogP contribution in [-0.4, -0.2) is 33.7 Å². The second-order valence-electron chi connectivity index (χ2n) is 4.63. The molecule has 0 saturated carbocycles. The normalized spacial score (nSPS) is 10.6. The topological polar surface area (TPSA) is 104 Å². The van der Waals surface area contributed by atoms with E-state index in [0.29, 0.717) is 0 Å². The molecule has 0 radical (unpaired) electrons. The van der Waals surface area contributed by atoms with Crippen LogP contribution >= 0.6 is 0 Å². The van der Waals surface area contributed by atoms with Gasteiger partial charge in [0, 0.05) is 12.1 Å². The van der Waals surface area contributed by atoms with Gasteiger partial charge in [0.05, 0.1) is 0 Å². The molecule has 0 aliphatic heterocycles. The maximum Gasteiger partial charge on any atom is 0.341 e. The molecular formula is C17H14O6. The second-order valence-corrected chi connectivity index (χ2v) is 4.63. The van der Waals surface area contributed by atoms with E-state index in [2.05, 4.69) is 0 Å². The van der Waals surface area contributed by atoms with Crippen LogP contribution in [0.5, 0.6) is 17.2 Å². The summed E-state index contributed by atoms with van der Waals surface area (Å²) in [5, 5.41) is 28.2. The third kappa shape index (κ3) is 4.34. The van der Waals surface area contributed by atoms with Gasteiger partial charge in [-0.3, -0.25) is 4.79 Å². The van der Waals surface area contributed by atoms with Gasteiger partial charge >= 0.3 is 5.97 Å². The van der Waals surface area contributed by atoms with Crippen molar-refractivity contribution in [1.82, 2.24) is 0 Å². The van der Waals surface area contributed by atoms with E-state index in [9.17, 15) is 19.8 Å². The van der Waals surface area contributed by atoms with Crippen molar-refractivity contribution in [2.45, 2.75) is 0 Å². The predicted octanol–water partition coefficient (Wildman–Crippen LogP) is 2.46. The lowest BCUT2D eigenvalue weighted by molar-refractivity contribution is -0.139. The van der Waals surface area contributed by atoms with Crippen LogP contribution in [0.4, 0.5) is 0 Å². The van der Waals surface area contributed by atoms with Crippen LogP contribution < -0.4 is 4.74 Å². The highest BCUT2D eigenvalue weighted by Gasteiger charge is 2.16. The fourth-order valence-electron chi connectivity index (χ4n) is 1.89. The highest BCUT2D eigenvalue weighted by atomic mass is 16.5. The van der Waals surface area contributed by atoms with Crippen LogP contribution in [0, 0.1) is 0 Å². The van der Waals surface area contributed by atoms with E-state index in [1.54, 1.807) is 18.2 Å². The SMILES string of the molecule is O=C(O)COc1cc(O)c(C(=O)/C=C\c2ccccc2)c(O)c1. The van der Waals surface area contributed by atoms with Crippen molar-refractivity contribution < 1.29 is 29.6 Å². The molecule has 0 atom stereocenters. The van der Waals surface area contributed by atoms with Crippen LogP contribution in [0.15, 0.2) is 48.5 Å². The lowest BCUT2D eigenvalue weighted by Crippen LogP contribution is -2.09. The van der Waals surface area contributed by atoms with Gasteiger partial charge in [0.25, 0.3) is 0 Å². The first kappa shape index (κ1) is 16.1. The second kappa shape index (κ2) is 7.13. The summed E-state index contributed by atoms with van der Waals surface area (Å²) in [6.07, 6.45) is 2.78. The van der Waals surface area contributed by atoms with Crippen molar-refractivity contribution in [2.24, 2.45) is 0 Å². The van der Waals surface area contributed by atoms with Crippen LogP contribution in [0.3, 0.4) is 0 Å². The van der Waals surface area contributed by atoms with Crippen LogP contribution in [0.2, 0.25) is 0 Å². The summed E-state index contributed by atoms with van der Waals surface area (Å²) in [6.45, 7) is -0.625. The van der Waals surface area contributed by atoms with Gasteiger partial charge in [0.15, 0.2) is 12.4 Å². The zero-order valence-electron chi connectivity index (χ0n) is 12.0. The van der Waals surface area contributed by atoms with E-state index in [1.807, 2.05) is 18.2 Å². The number of allylic oxidation sites excluding steroid dienone is 1. The van der Waals surface area contributed by atoms with Crippen molar-refractivity contribution >= 4 is 17.8 Å². The van der Waals surface area contributed by atoms with Crippen molar-refractivity contribution in [3.05, 3.63) is 59.7 Å². The maximum atomic E-state index is 12.1. The summed E-state index contributed by atoms with van der Waals surface area (Å²) in [6, 6.07) is 11.2. The number of aromatic hydroxyl groups is 2. The van der Waals surface area contributed by atoms with E-state index < -0.39 is 29.9 Å². The third-order valence-electron chi connectivity index (χ3n) is 2.91. The van der Waals surface area contributed by atoms with E-state index in [0.717, 1.165) is 17.7 Å². The van der Waals surface area contributed by atoms with Gasteiger partial charge in [-0.1, -0.05) is 36.4 Å². The number of ether oxygens (including phenoxy) is 1. The molecule has 0 aliphatic rings. The molecule has 0 bridgehead atoms. The van der Waals surface area contributed by atoms with Crippen LogP contribution in [0.25, 0.3) is 6.08 Å². The van der Waals surface area contributed by atoms with Crippen molar-refractivity contribution in [1.29, 1.82) is 0 Å². The smallest absolute Gasteiger partial charge is 0.341 e. The highest BCUT2D eigenvalue weighted by molar-refractivity contribution is 6.10. The molecule has 0 heterocycles. The highest BCUT2D eigenvalue weighted by Crippen LogP contribution is 2.33. The van der Waals surface area contributed by atoms with Crippen molar-refractivity contribution in [2.75, 3.05) is 6.61 Å². The van der Waals surface area contributed by atoms with E-state index in [4.69, 9.17) is 9.84 Å². The molecule has 118 valence electrons. The number of rotatable bonds is 6. The Morgan fingerprint density at radius 3 is 2.22 bits per heavy atom. The van der Waals surface area contributed by atoms with E-state index >= 15 is 0 Å². The Morgan fingerprint density at radius 1 is 1.04 bits per heavy atom. The minimum absolute atomic E-state index is 0.0500. The van der Waals surface area contributed by atoms with Gasteiger partial charge < -0.3 is 20.1 Å². The number of benzene rings is 2. The predicted molar refractivity (Wildman–Crippen MR) is 82.7 cm³/mol. The summed E-state index contributed by atoms with van der Waals surface area (Å²) >= 11 is 0. The summed E-state index contributed by atoms with van der Waals surface area (Å²) in [5.74, 6) is -2.82. The largest absolute Gasteiger partial charge is 0.507 e. The molecule has 0 amide bonds. The Bertz CT molecular complexity index is 726. The van der Waals surface area contributed by atoms with Gasteiger partial charge in [0.1, 0.15) is 22.8 Å². The van der Waals surface area contributed by atoms with Crippen molar-refractivity contribution in [3.8, 4) is 17.2 Å². The number of hydrogen-bond donors (Lipinski definition) is 3. The number of carboxylic acid groups (broad SMARTS) is 1. The molecule has 2 aromatic carbocycles. The summed E-state index contributed by atoms with van der Waals surface area (Å²) in [7, 11) is 0. The molecule has 2 rings (SSSR count). The Balaban J connectivity index is 2.20. The minimum atomic E-state index is -1.20. The lowest BCUT2D eigenvalue weighted by atomic mass is 10.1. The summed E-state index contributed by atoms with van der Waals surface area (Å²) in [5.41, 5.74) is 0.515. The van der Waals surface area contributed by atoms with Gasteiger partial charge in [-0.25, -0.2) is 4.79 Å². The van der Waals surface area contributed by atoms with Crippen LogP contribution in [-0.2, 0) is 4.79 Å². The molecule has 0 spiro atoms. The number of phenols is 2. The first-order valence-electron chi connectivity index (χ1n) is 6.65. The Labute approximate surface area is 131 Å². The third-order valence-corrected chi connectivity index (χ3v) is 2.91. The average molecular weight is 314 g/mol. The Hall–Kier alpha value is -3.28. The molecule has 0 unspecified atom stereocenters. The van der Waals surface area contributed by atoms with E-state index in [-0.39, 0.29) is 11.3 Å². The molecule has 6 heteroatoms. The molecular weight excluding hydrogens is 300 g/mol.